The van der Waals surface area contributed by atoms with Crippen LogP contribution in [0.5, 0.6) is 0 Å². The molecule has 2 N–H and O–H groups in total. The van der Waals surface area contributed by atoms with Crippen molar-refractivity contribution in [2.24, 2.45) is 0 Å². The van der Waals surface area contributed by atoms with Gasteiger partial charge in [0, 0.05) is 5.69 Å². The lowest BCUT2D eigenvalue weighted by Gasteiger charge is -2.06. The third-order valence-corrected chi connectivity index (χ3v) is 1.99. The maximum atomic E-state index is 12.6. The lowest BCUT2D eigenvalue weighted by atomic mass is 10.3. The maximum absolute atomic E-state index is 12.6. The number of esters is 1. The van der Waals surface area contributed by atoms with Gasteiger partial charge in [-0.2, -0.15) is 0 Å². The Morgan fingerprint density at radius 2 is 1.89 bits per heavy atom. The number of carbonyl (C=O) groups excluding carboxylic acids is 2. The largest absolute Gasteiger partial charge is 0.465 e. The van der Waals surface area contributed by atoms with Gasteiger partial charge in [0.1, 0.15) is 5.82 Å². The topological polar surface area (TPSA) is 67.4 Å². The van der Waals surface area contributed by atoms with Crippen molar-refractivity contribution in [2.75, 3.05) is 25.0 Å². The van der Waals surface area contributed by atoms with Crippen LogP contribution in [-0.2, 0) is 14.3 Å². The molecule has 0 aliphatic carbocycles. The van der Waals surface area contributed by atoms with E-state index in [4.69, 9.17) is 0 Å². The number of halogens is 1. The van der Waals surface area contributed by atoms with Crippen LogP contribution < -0.4 is 10.6 Å². The van der Waals surface area contributed by atoms with Crippen molar-refractivity contribution in [3.8, 4) is 0 Å². The zero-order chi connectivity index (χ0) is 13.4. The van der Waals surface area contributed by atoms with Crippen molar-refractivity contribution in [1.29, 1.82) is 0 Å². The fourth-order valence-corrected chi connectivity index (χ4v) is 1.23. The molecule has 5 nitrogen and oxygen atoms in total. The smallest absolute Gasteiger partial charge is 0.319 e. The predicted octanol–water partition coefficient (Wildman–Crippen LogP) is 0.917. The summed E-state index contributed by atoms with van der Waals surface area (Å²) in [6.45, 7) is 1.97. The quantitative estimate of drug-likeness (QED) is 0.741. The van der Waals surface area contributed by atoms with Crippen LogP contribution in [0.3, 0.4) is 0 Å². The molecule has 0 spiro atoms. The predicted molar refractivity (Wildman–Crippen MR) is 64.5 cm³/mol. The monoisotopic (exact) mass is 254 g/mol. The van der Waals surface area contributed by atoms with E-state index in [1.165, 1.54) is 24.3 Å². The van der Waals surface area contributed by atoms with Crippen molar-refractivity contribution >= 4 is 17.6 Å². The lowest BCUT2D eigenvalue weighted by molar-refractivity contribution is -0.141. The molecule has 1 rings (SSSR count). The molecule has 0 unspecified atom stereocenters. The number of benzene rings is 1. The van der Waals surface area contributed by atoms with Gasteiger partial charge < -0.3 is 10.1 Å². The number of amides is 1. The second kappa shape index (κ2) is 7.39. The molecule has 0 atom stereocenters. The standard InChI is InChI=1S/C12H15FN2O3/c1-2-18-12(17)8-14-7-11(16)15-10-5-3-9(13)4-6-10/h3-6,14H,2,7-8H2,1H3,(H,15,16). The Balaban J connectivity index is 2.25. The molecular formula is C12H15FN2O3. The fraction of sp³-hybridized carbons (Fsp3) is 0.333. The highest BCUT2D eigenvalue weighted by Crippen LogP contribution is 2.07. The number of nitrogens with one attached hydrogen (secondary N) is 2. The van der Waals surface area contributed by atoms with Gasteiger partial charge in [0.2, 0.25) is 5.91 Å². The van der Waals surface area contributed by atoms with Crippen molar-refractivity contribution in [3.63, 3.8) is 0 Å². The van der Waals surface area contributed by atoms with Crippen molar-refractivity contribution in [3.05, 3.63) is 30.1 Å². The van der Waals surface area contributed by atoms with E-state index in [0.29, 0.717) is 12.3 Å². The van der Waals surface area contributed by atoms with E-state index in [0.717, 1.165) is 0 Å². The molecule has 0 aliphatic rings. The summed E-state index contributed by atoms with van der Waals surface area (Å²) in [4.78, 5) is 22.4. The molecule has 0 aromatic heterocycles. The number of ether oxygens (including phenoxy) is 1. The van der Waals surface area contributed by atoms with Crippen LogP contribution in [0.2, 0.25) is 0 Å². The van der Waals surface area contributed by atoms with Gasteiger partial charge in [-0.25, -0.2) is 4.39 Å². The van der Waals surface area contributed by atoms with Crippen LogP contribution in [-0.4, -0.2) is 31.6 Å². The van der Waals surface area contributed by atoms with E-state index in [9.17, 15) is 14.0 Å². The highest BCUT2D eigenvalue weighted by atomic mass is 19.1. The average molecular weight is 254 g/mol. The van der Waals surface area contributed by atoms with Gasteiger partial charge >= 0.3 is 5.97 Å². The molecule has 6 heteroatoms. The normalized spacial score (nSPS) is 9.89. The zero-order valence-corrected chi connectivity index (χ0v) is 10.0. The van der Waals surface area contributed by atoms with Crippen molar-refractivity contribution in [1.82, 2.24) is 5.32 Å². The van der Waals surface area contributed by atoms with Crippen molar-refractivity contribution < 1.29 is 18.7 Å². The first-order valence-electron chi connectivity index (χ1n) is 5.53. The second-order valence-corrected chi connectivity index (χ2v) is 3.46. The second-order valence-electron chi connectivity index (χ2n) is 3.46. The van der Waals surface area contributed by atoms with E-state index in [1.807, 2.05) is 0 Å². The minimum Gasteiger partial charge on any atom is -0.465 e. The van der Waals surface area contributed by atoms with Crippen LogP contribution in [0, 0.1) is 5.82 Å². The van der Waals surface area contributed by atoms with Crippen LogP contribution in [0.1, 0.15) is 6.92 Å². The summed E-state index contributed by atoms with van der Waals surface area (Å²) in [5, 5.41) is 5.20. The molecule has 0 saturated heterocycles. The molecule has 18 heavy (non-hydrogen) atoms. The first-order valence-corrected chi connectivity index (χ1v) is 5.53. The molecule has 0 fully saturated rings. The Morgan fingerprint density at radius 3 is 2.50 bits per heavy atom. The van der Waals surface area contributed by atoms with E-state index in [-0.39, 0.29) is 24.8 Å². The summed E-state index contributed by atoms with van der Waals surface area (Å²) < 4.78 is 17.3. The number of hydrogen-bond acceptors (Lipinski definition) is 4. The van der Waals surface area contributed by atoms with Crippen LogP contribution >= 0.6 is 0 Å². The molecule has 1 aromatic carbocycles. The van der Waals surface area contributed by atoms with E-state index in [2.05, 4.69) is 15.4 Å². The molecule has 0 bridgehead atoms. The fourth-order valence-electron chi connectivity index (χ4n) is 1.23. The van der Waals surface area contributed by atoms with Gasteiger partial charge in [0.05, 0.1) is 19.7 Å². The summed E-state index contributed by atoms with van der Waals surface area (Å²) in [5.41, 5.74) is 0.499. The molecule has 98 valence electrons. The molecular weight excluding hydrogens is 239 g/mol. The minimum atomic E-state index is -0.410. The summed E-state index contributed by atoms with van der Waals surface area (Å²) in [7, 11) is 0. The first kappa shape index (κ1) is 14.1. The van der Waals surface area contributed by atoms with Crippen LogP contribution in [0.25, 0.3) is 0 Å². The highest BCUT2D eigenvalue weighted by molar-refractivity contribution is 5.92. The van der Waals surface area contributed by atoms with Gasteiger partial charge in [-0.3, -0.25) is 14.9 Å². The Morgan fingerprint density at radius 1 is 1.22 bits per heavy atom. The average Bonchev–Trinajstić information content (AvgIpc) is 2.32. The van der Waals surface area contributed by atoms with Gasteiger partial charge in [-0.15, -0.1) is 0 Å². The number of anilines is 1. The Hall–Kier alpha value is -1.95. The highest BCUT2D eigenvalue weighted by Gasteiger charge is 2.05. The molecule has 0 radical (unpaired) electrons. The molecule has 0 saturated carbocycles. The lowest BCUT2D eigenvalue weighted by Crippen LogP contribution is -2.32. The van der Waals surface area contributed by atoms with Gasteiger partial charge in [0.15, 0.2) is 0 Å². The summed E-state index contributed by atoms with van der Waals surface area (Å²) in [5.74, 6) is -1.09. The van der Waals surface area contributed by atoms with E-state index >= 15 is 0 Å². The number of rotatable bonds is 6. The van der Waals surface area contributed by atoms with Gasteiger partial charge in [-0.1, -0.05) is 0 Å². The number of hydrogen-bond donors (Lipinski definition) is 2. The van der Waals surface area contributed by atoms with Gasteiger partial charge in [0.25, 0.3) is 0 Å². The summed E-state index contributed by atoms with van der Waals surface area (Å²) in [6, 6.07) is 5.42. The minimum absolute atomic E-state index is 0.0177. The molecule has 0 aliphatic heterocycles. The SMILES string of the molecule is CCOC(=O)CNCC(=O)Nc1ccc(F)cc1. The Labute approximate surface area is 104 Å². The molecule has 0 heterocycles. The van der Waals surface area contributed by atoms with Crippen molar-refractivity contribution in [2.45, 2.75) is 6.92 Å². The van der Waals surface area contributed by atoms with E-state index in [1.54, 1.807) is 6.92 Å². The summed E-state index contributed by atoms with van der Waals surface area (Å²) >= 11 is 0. The maximum Gasteiger partial charge on any atom is 0.319 e. The van der Waals surface area contributed by atoms with Gasteiger partial charge in [-0.05, 0) is 31.2 Å². The first-order chi connectivity index (χ1) is 8.61. The van der Waals surface area contributed by atoms with Crippen LogP contribution in [0.4, 0.5) is 10.1 Å². The van der Waals surface area contributed by atoms with Crippen LogP contribution in [0.15, 0.2) is 24.3 Å². The van der Waals surface area contributed by atoms with E-state index < -0.39 is 5.97 Å². The third kappa shape index (κ3) is 5.40. The Bertz CT molecular complexity index is 406. The molecule has 1 aromatic rings. The molecule has 1 amide bonds. The third-order valence-electron chi connectivity index (χ3n) is 1.99. The Kier molecular flexibility index (Phi) is 5.79. The zero-order valence-electron chi connectivity index (χ0n) is 10.0. The number of carbonyl (C=O) groups is 2. The summed E-state index contributed by atoms with van der Waals surface area (Å²) in [6.07, 6.45) is 0.